The van der Waals surface area contributed by atoms with E-state index in [-0.39, 0.29) is 11.9 Å². The van der Waals surface area contributed by atoms with E-state index < -0.39 is 0 Å². The van der Waals surface area contributed by atoms with Crippen LogP contribution in [-0.4, -0.2) is 12.5 Å². The van der Waals surface area contributed by atoms with Gasteiger partial charge in [-0.3, -0.25) is 4.79 Å². The van der Waals surface area contributed by atoms with Crippen molar-refractivity contribution in [1.82, 2.24) is 5.32 Å². The normalized spacial score (nSPS) is 17.3. The van der Waals surface area contributed by atoms with Gasteiger partial charge in [0.15, 0.2) is 0 Å². The van der Waals surface area contributed by atoms with Crippen molar-refractivity contribution in [2.75, 3.05) is 11.9 Å². The van der Waals surface area contributed by atoms with Crippen LogP contribution < -0.4 is 10.6 Å². The van der Waals surface area contributed by atoms with Gasteiger partial charge in [-0.2, -0.15) is 0 Å². The summed E-state index contributed by atoms with van der Waals surface area (Å²) in [5, 5.41) is 8.30. The van der Waals surface area contributed by atoms with Crippen molar-refractivity contribution in [3.8, 4) is 0 Å². The summed E-state index contributed by atoms with van der Waals surface area (Å²) < 4.78 is 0.993. The maximum absolute atomic E-state index is 11.9. The Morgan fingerprint density at radius 3 is 3.05 bits per heavy atom. The zero-order chi connectivity index (χ0) is 13.2. The Morgan fingerprint density at radius 1 is 1.37 bits per heavy atom. The largest absolute Gasteiger partial charge is 0.324 e. The molecular formula is C14H13BrN2OS. The molecule has 0 radical (unpaired) electrons. The van der Waals surface area contributed by atoms with Gasteiger partial charge in [0.2, 0.25) is 5.91 Å². The van der Waals surface area contributed by atoms with Gasteiger partial charge in [-0.15, -0.1) is 11.3 Å². The highest BCUT2D eigenvalue weighted by molar-refractivity contribution is 9.10. The highest BCUT2D eigenvalue weighted by atomic mass is 79.9. The molecule has 2 aromatic rings. The Bertz CT molecular complexity index is 597. The molecular weight excluding hydrogens is 324 g/mol. The number of carbonyl (C=O) groups excluding carboxylic acids is 1. The van der Waals surface area contributed by atoms with Crippen molar-refractivity contribution in [1.29, 1.82) is 0 Å². The number of benzene rings is 1. The van der Waals surface area contributed by atoms with Gasteiger partial charge < -0.3 is 10.6 Å². The van der Waals surface area contributed by atoms with Crippen LogP contribution in [-0.2, 0) is 11.2 Å². The fourth-order valence-electron chi connectivity index (χ4n) is 2.23. The lowest BCUT2D eigenvalue weighted by Gasteiger charge is -2.11. The summed E-state index contributed by atoms with van der Waals surface area (Å²) >= 11 is 5.19. The van der Waals surface area contributed by atoms with Gasteiger partial charge in [-0.25, -0.2) is 0 Å². The fraction of sp³-hybridized carbons (Fsp3) is 0.214. The predicted molar refractivity (Wildman–Crippen MR) is 81.5 cm³/mol. The van der Waals surface area contributed by atoms with Gasteiger partial charge in [0.25, 0.3) is 0 Å². The van der Waals surface area contributed by atoms with E-state index in [0.29, 0.717) is 0 Å². The number of thiophene rings is 1. The second-order valence-electron chi connectivity index (χ2n) is 4.44. The molecule has 98 valence electrons. The number of fused-ring (bicyclic) bond motifs is 1. The van der Waals surface area contributed by atoms with E-state index >= 15 is 0 Å². The van der Waals surface area contributed by atoms with E-state index in [1.54, 1.807) is 11.3 Å². The first-order chi connectivity index (χ1) is 9.24. The Balaban J connectivity index is 1.68. The van der Waals surface area contributed by atoms with E-state index in [2.05, 4.69) is 44.1 Å². The monoisotopic (exact) mass is 336 g/mol. The first-order valence-corrected chi connectivity index (χ1v) is 7.77. The second kappa shape index (κ2) is 5.45. The Kier molecular flexibility index (Phi) is 3.68. The lowest BCUT2D eigenvalue weighted by atomic mass is 10.1. The maximum Gasteiger partial charge on any atom is 0.246 e. The molecule has 3 nitrogen and oxygen atoms in total. The van der Waals surface area contributed by atoms with E-state index in [4.69, 9.17) is 0 Å². The number of carbonyl (C=O) groups is 1. The van der Waals surface area contributed by atoms with Crippen LogP contribution in [0, 0.1) is 0 Å². The number of halogens is 1. The highest BCUT2D eigenvalue weighted by Gasteiger charge is 2.29. The topological polar surface area (TPSA) is 41.1 Å². The van der Waals surface area contributed by atoms with Crippen LogP contribution in [0.4, 0.5) is 5.69 Å². The third-order valence-corrected chi connectivity index (χ3v) is 4.57. The third-order valence-electron chi connectivity index (χ3n) is 3.14. The second-order valence-corrected chi connectivity index (χ2v) is 6.39. The summed E-state index contributed by atoms with van der Waals surface area (Å²) in [4.78, 5) is 13.3. The van der Waals surface area contributed by atoms with Crippen LogP contribution in [0.3, 0.4) is 0 Å². The molecule has 1 aromatic carbocycles. The van der Waals surface area contributed by atoms with Gasteiger partial charge >= 0.3 is 0 Å². The molecule has 19 heavy (non-hydrogen) atoms. The molecule has 0 fully saturated rings. The number of hydrogen-bond donors (Lipinski definition) is 2. The number of rotatable bonds is 4. The quantitative estimate of drug-likeness (QED) is 0.899. The Morgan fingerprint density at radius 2 is 2.26 bits per heavy atom. The van der Waals surface area contributed by atoms with Crippen molar-refractivity contribution in [3.05, 3.63) is 50.6 Å². The summed E-state index contributed by atoms with van der Waals surface area (Å²) in [7, 11) is 0. The predicted octanol–water partition coefficient (Wildman–Crippen LogP) is 3.34. The standard InChI is InChI=1S/C14H13BrN2OS/c15-9-3-4-12-11(8-9)13(14(18)17-12)16-6-5-10-2-1-7-19-10/h1-4,7-8,13,16H,5-6H2,(H,17,18). The maximum atomic E-state index is 11.9. The van der Waals surface area contributed by atoms with Crippen LogP contribution in [0.1, 0.15) is 16.5 Å². The lowest BCUT2D eigenvalue weighted by Crippen LogP contribution is -2.29. The molecule has 0 spiro atoms. The summed E-state index contributed by atoms with van der Waals surface area (Å²) in [6.07, 6.45) is 0.949. The van der Waals surface area contributed by atoms with Crippen molar-refractivity contribution in [2.45, 2.75) is 12.5 Å². The third kappa shape index (κ3) is 2.73. The zero-order valence-electron chi connectivity index (χ0n) is 10.2. The van der Waals surface area contributed by atoms with Gasteiger partial charge in [0.05, 0.1) is 0 Å². The van der Waals surface area contributed by atoms with Crippen molar-refractivity contribution in [2.24, 2.45) is 0 Å². The van der Waals surface area contributed by atoms with Gasteiger partial charge in [-0.05, 0) is 36.1 Å². The SMILES string of the molecule is O=C1Nc2ccc(Br)cc2C1NCCc1cccs1. The van der Waals surface area contributed by atoms with Gasteiger partial charge in [0, 0.05) is 27.1 Å². The molecule has 3 rings (SSSR count). The van der Waals surface area contributed by atoms with Crippen LogP contribution in [0.25, 0.3) is 0 Å². The van der Waals surface area contributed by atoms with Crippen LogP contribution in [0.2, 0.25) is 0 Å². The molecule has 2 heterocycles. The zero-order valence-corrected chi connectivity index (χ0v) is 12.6. The first kappa shape index (κ1) is 12.8. The summed E-state index contributed by atoms with van der Waals surface area (Å²) in [5.74, 6) is 0.0271. The van der Waals surface area contributed by atoms with E-state index in [1.165, 1.54) is 4.88 Å². The van der Waals surface area contributed by atoms with Gasteiger partial charge in [0.1, 0.15) is 6.04 Å². The van der Waals surface area contributed by atoms with E-state index in [0.717, 1.165) is 28.7 Å². The summed E-state index contributed by atoms with van der Waals surface area (Å²) in [6, 6.07) is 9.79. The molecule has 0 saturated carbocycles. The average Bonchev–Trinajstić information content (AvgIpc) is 2.99. The summed E-state index contributed by atoms with van der Waals surface area (Å²) in [6.45, 7) is 0.796. The van der Waals surface area contributed by atoms with Crippen LogP contribution in [0.15, 0.2) is 40.2 Å². The van der Waals surface area contributed by atoms with E-state index in [9.17, 15) is 4.79 Å². The molecule has 1 atom stereocenters. The first-order valence-electron chi connectivity index (χ1n) is 6.10. The van der Waals surface area contributed by atoms with Crippen LogP contribution >= 0.6 is 27.3 Å². The van der Waals surface area contributed by atoms with Crippen molar-refractivity contribution >= 4 is 38.9 Å². The molecule has 5 heteroatoms. The molecule has 1 amide bonds. The van der Waals surface area contributed by atoms with Crippen LogP contribution in [0.5, 0.6) is 0 Å². The molecule has 1 aliphatic rings. The molecule has 0 saturated heterocycles. The Hall–Kier alpha value is -1.17. The molecule has 1 aliphatic heterocycles. The molecule has 1 aromatic heterocycles. The number of amides is 1. The van der Waals surface area contributed by atoms with Crippen molar-refractivity contribution in [3.63, 3.8) is 0 Å². The highest BCUT2D eigenvalue weighted by Crippen LogP contribution is 2.32. The molecule has 2 N–H and O–H groups in total. The fourth-order valence-corrected chi connectivity index (χ4v) is 3.32. The summed E-state index contributed by atoms with van der Waals surface area (Å²) in [5.41, 5.74) is 1.92. The minimum atomic E-state index is -0.243. The molecule has 0 aliphatic carbocycles. The van der Waals surface area contributed by atoms with E-state index in [1.807, 2.05) is 18.2 Å². The molecule has 0 bridgehead atoms. The minimum absolute atomic E-state index is 0.0271. The minimum Gasteiger partial charge on any atom is -0.324 e. The lowest BCUT2D eigenvalue weighted by molar-refractivity contribution is -0.117. The average molecular weight is 337 g/mol. The van der Waals surface area contributed by atoms with Crippen molar-refractivity contribution < 1.29 is 4.79 Å². The van der Waals surface area contributed by atoms with Gasteiger partial charge in [-0.1, -0.05) is 22.0 Å². The number of hydrogen-bond acceptors (Lipinski definition) is 3. The molecule has 1 unspecified atom stereocenters. The number of anilines is 1. The number of nitrogens with one attached hydrogen (secondary N) is 2. The Labute approximate surface area is 124 Å². The smallest absolute Gasteiger partial charge is 0.246 e.